The molecule has 0 aromatic rings. The molecule has 0 aromatic carbocycles. The summed E-state index contributed by atoms with van der Waals surface area (Å²) < 4.78 is 11.8. The van der Waals surface area contributed by atoms with Crippen LogP contribution in [0.4, 0.5) is 0 Å². The van der Waals surface area contributed by atoms with Crippen LogP contribution in [0, 0.1) is 5.41 Å². The zero-order valence-electron chi connectivity index (χ0n) is 11.6. The van der Waals surface area contributed by atoms with Gasteiger partial charge in [0, 0.05) is 19.2 Å². The minimum atomic E-state index is -0.0399. The van der Waals surface area contributed by atoms with E-state index in [-0.39, 0.29) is 5.60 Å². The van der Waals surface area contributed by atoms with Crippen LogP contribution in [-0.4, -0.2) is 38.0 Å². The maximum Gasteiger partial charge on any atom is 0.107 e. The van der Waals surface area contributed by atoms with Crippen LogP contribution >= 0.6 is 0 Å². The molecule has 1 N–H and O–H groups in total. The SMILES string of the molecule is CC(C)(C)CCC1NCCOC12CCCOC2. The van der Waals surface area contributed by atoms with Crippen LogP contribution in [0.1, 0.15) is 46.5 Å². The van der Waals surface area contributed by atoms with Gasteiger partial charge in [0.25, 0.3) is 0 Å². The molecule has 0 amide bonds. The van der Waals surface area contributed by atoms with E-state index < -0.39 is 0 Å². The molecule has 3 heteroatoms. The summed E-state index contributed by atoms with van der Waals surface area (Å²) in [5.41, 5.74) is 0.359. The third kappa shape index (κ3) is 3.43. The van der Waals surface area contributed by atoms with Crippen molar-refractivity contribution in [3.8, 4) is 0 Å². The number of hydrogen-bond acceptors (Lipinski definition) is 3. The Bertz CT molecular complexity index is 233. The molecule has 17 heavy (non-hydrogen) atoms. The largest absolute Gasteiger partial charge is 0.378 e. The van der Waals surface area contributed by atoms with Crippen LogP contribution < -0.4 is 5.32 Å². The Kier molecular flexibility index (Phi) is 4.11. The van der Waals surface area contributed by atoms with Crippen molar-refractivity contribution in [2.45, 2.75) is 58.1 Å². The molecule has 2 aliphatic rings. The molecule has 2 heterocycles. The van der Waals surface area contributed by atoms with E-state index in [1.165, 1.54) is 12.8 Å². The molecule has 2 atom stereocenters. The van der Waals surface area contributed by atoms with Crippen molar-refractivity contribution >= 4 is 0 Å². The first-order valence-corrected chi connectivity index (χ1v) is 6.97. The van der Waals surface area contributed by atoms with Crippen LogP contribution in [0.3, 0.4) is 0 Å². The van der Waals surface area contributed by atoms with Gasteiger partial charge in [0.05, 0.1) is 13.2 Å². The third-order valence-electron chi connectivity index (χ3n) is 3.94. The van der Waals surface area contributed by atoms with Gasteiger partial charge in [-0.15, -0.1) is 0 Å². The van der Waals surface area contributed by atoms with Crippen molar-refractivity contribution in [1.82, 2.24) is 5.32 Å². The molecule has 0 aliphatic carbocycles. The fourth-order valence-electron chi connectivity index (χ4n) is 2.90. The lowest BCUT2D eigenvalue weighted by Crippen LogP contribution is -2.61. The molecular weight excluding hydrogens is 214 g/mol. The van der Waals surface area contributed by atoms with Gasteiger partial charge in [0.1, 0.15) is 5.60 Å². The zero-order chi connectivity index (χ0) is 12.4. The quantitative estimate of drug-likeness (QED) is 0.805. The molecule has 1 spiro atoms. The fraction of sp³-hybridized carbons (Fsp3) is 1.00. The molecule has 2 unspecified atom stereocenters. The van der Waals surface area contributed by atoms with E-state index in [1.54, 1.807) is 0 Å². The van der Waals surface area contributed by atoms with Crippen molar-refractivity contribution in [1.29, 1.82) is 0 Å². The van der Waals surface area contributed by atoms with Gasteiger partial charge in [0.15, 0.2) is 0 Å². The second kappa shape index (κ2) is 5.25. The smallest absolute Gasteiger partial charge is 0.107 e. The lowest BCUT2D eigenvalue weighted by molar-refractivity contribution is -0.165. The maximum absolute atomic E-state index is 6.10. The minimum absolute atomic E-state index is 0.0399. The lowest BCUT2D eigenvalue weighted by Gasteiger charge is -2.47. The normalized spacial score (nSPS) is 35.1. The van der Waals surface area contributed by atoms with Crippen LogP contribution in [0.2, 0.25) is 0 Å². The molecule has 2 fully saturated rings. The number of nitrogens with one attached hydrogen (secondary N) is 1. The molecule has 0 bridgehead atoms. The highest BCUT2D eigenvalue weighted by molar-refractivity contribution is 4.97. The van der Waals surface area contributed by atoms with Crippen molar-refractivity contribution in [3.05, 3.63) is 0 Å². The van der Waals surface area contributed by atoms with Crippen LogP contribution in [-0.2, 0) is 9.47 Å². The Labute approximate surface area is 105 Å². The third-order valence-corrected chi connectivity index (χ3v) is 3.94. The van der Waals surface area contributed by atoms with E-state index in [4.69, 9.17) is 9.47 Å². The topological polar surface area (TPSA) is 30.5 Å². The Hall–Kier alpha value is -0.120. The van der Waals surface area contributed by atoms with Gasteiger partial charge >= 0.3 is 0 Å². The summed E-state index contributed by atoms with van der Waals surface area (Å²) in [6, 6.07) is 0.468. The molecule has 3 nitrogen and oxygen atoms in total. The van der Waals surface area contributed by atoms with Gasteiger partial charge in [0.2, 0.25) is 0 Å². The Balaban J connectivity index is 1.96. The van der Waals surface area contributed by atoms with E-state index in [1.807, 2.05) is 0 Å². The monoisotopic (exact) mass is 241 g/mol. The molecular formula is C14H27NO2. The summed E-state index contributed by atoms with van der Waals surface area (Å²) in [7, 11) is 0. The van der Waals surface area contributed by atoms with E-state index in [2.05, 4.69) is 26.1 Å². The van der Waals surface area contributed by atoms with E-state index >= 15 is 0 Å². The van der Waals surface area contributed by atoms with E-state index in [0.717, 1.165) is 39.2 Å². The molecule has 0 radical (unpaired) electrons. The average Bonchev–Trinajstić information content (AvgIpc) is 2.28. The van der Waals surface area contributed by atoms with Gasteiger partial charge in [-0.1, -0.05) is 20.8 Å². The predicted molar refractivity (Wildman–Crippen MR) is 69.2 cm³/mol. The van der Waals surface area contributed by atoms with Gasteiger partial charge < -0.3 is 14.8 Å². The van der Waals surface area contributed by atoms with Gasteiger partial charge in [-0.3, -0.25) is 0 Å². The van der Waals surface area contributed by atoms with Crippen molar-refractivity contribution in [2.24, 2.45) is 5.41 Å². The Morgan fingerprint density at radius 3 is 2.76 bits per heavy atom. The highest BCUT2D eigenvalue weighted by atomic mass is 16.5. The molecule has 0 saturated carbocycles. The fourth-order valence-corrected chi connectivity index (χ4v) is 2.90. The van der Waals surface area contributed by atoms with Gasteiger partial charge in [-0.05, 0) is 31.1 Å². The van der Waals surface area contributed by atoms with Gasteiger partial charge in [-0.25, -0.2) is 0 Å². The van der Waals surface area contributed by atoms with Crippen molar-refractivity contribution in [3.63, 3.8) is 0 Å². The lowest BCUT2D eigenvalue weighted by atomic mass is 9.80. The summed E-state index contributed by atoms with van der Waals surface area (Å²) in [4.78, 5) is 0. The van der Waals surface area contributed by atoms with E-state index in [0.29, 0.717) is 11.5 Å². The Morgan fingerprint density at radius 1 is 1.29 bits per heavy atom. The zero-order valence-corrected chi connectivity index (χ0v) is 11.6. The van der Waals surface area contributed by atoms with Crippen molar-refractivity contribution < 1.29 is 9.47 Å². The Morgan fingerprint density at radius 2 is 2.12 bits per heavy atom. The molecule has 2 aliphatic heterocycles. The number of morpholine rings is 1. The highest BCUT2D eigenvalue weighted by Crippen LogP contribution is 2.33. The second-order valence-corrected chi connectivity index (χ2v) is 6.68. The first kappa shape index (κ1) is 13.3. The first-order chi connectivity index (χ1) is 8.02. The summed E-state index contributed by atoms with van der Waals surface area (Å²) in [6.07, 6.45) is 4.70. The number of hydrogen-bond donors (Lipinski definition) is 1. The standard InChI is InChI=1S/C14H27NO2/c1-13(2,3)7-5-12-14(17-10-8-15-12)6-4-9-16-11-14/h12,15H,4-11H2,1-3H3. The molecule has 100 valence electrons. The summed E-state index contributed by atoms with van der Waals surface area (Å²) in [5.74, 6) is 0. The summed E-state index contributed by atoms with van der Waals surface area (Å²) in [5, 5.41) is 3.65. The number of rotatable bonds is 2. The average molecular weight is 241 g/mol. The summed E-state index contributed by atoms with van der Waals surface area (Å²) >= 11 is 0. The van der Waals surface area contributed by atoms with Crippen LogP contribution in [0.15, 0.2) is 0 Å². The number of ether oxygens (including phenoxy) is 2. The van der Waals surface area contributed by atoms with Crippen LogP contribution in [0.25, 0.3) is 0 Å². The maximum atomic E-state index is 6.10. The summed E-state index contributed by atoms with van der Waals surface area (Å²) in [6.45, 7) is 10.4. The van der Waals surface area contributed by atoms with E-state index in [9.17, 15) is 0 Å². The van der Waals surface area contributed by atoms with Crippen molar-refractivity contribution in [2.75, 3.05) is 26.4 Å². The molecule has 2 rings (SSSR count). The van der Waals surface area contributed by atoms with Gasteiger partial charge in [-0.2, -0.15) is 0 Å². The van der Waals surface area contributed by atoms with Crippen LogP contribution in [0.5, 0.6) is 0 Å². The molecule has 0 aromatic heterocycles. The molecule has 2 saturated heterocycles. The second-order valence-electron chi connectivity index (χ2n) is 6.68. The first-order valence-electron chi connectivity index (χ1n) is 6.97. The highest BCUT2D eigenvalue weighted by Gasteiger charge is 2.43. The predicted octanol–water partition coefficient (Wildman–Crippen LogP) is 2.35. The minimum Gasteiger partial charge on any atom is -0.378 e.